The fourth-order valence-electron chi connectivity index (χ4n) is 1.47. The van der Waals surface area contributed by atoms with Gasteiger partial charge in [-0.15, -0.1) is 10.2 Å². The summed E-state index contributed by atoms with van der Waals surface area (Å²) < 4.78 is 48.9. The van der Waals surface area contributed by atoms with E-state index in [-0.39, 0.29) is 17.0 Å². The van der Waals surface area contributed by atoms with Crippen LogP contribution in [0.4, 0.5) is 8.78 Å². The summed E-state index contributed by atoms with van der Waals surface area (Å²) >= 11 is 0. The summed E-state index contributed by atoms with van der Waals surface area (Å²) in [6.07, 6.45) is 0.946. The van der Waals surface area contributed by atoms with Crippen molar-refractivity contribution < 1.29 is 17.2 Å². The molecule has 2 rings (SSSR count). The Morgan fingerprint density at radius 3 is 2.37 bits per heavy atom. The van der Waals surface area contributed by atoms with Crippen molar-refractivity contribution in [2.24, 2.45) is 0 Å². The van der Waals surface area contributed by atoms with Crippen LogP contribution in [0.1, 0.15) is 5.69 Å². The van der Waals surface area contributed by atoms with E-state index in [2.05, 4.69) is 15.2 Å². The van der Waals surface area contributed by atoms with Crippen molar-refractivity contribution in [2.45, 2.75) is 12.1 Å². The van der Waals surface area contributed by atoms with Gasteiger partial charge in [-0.05, 0) is 19.1 Å². The molecular formula is C11H9F2N3O2S. The Morgan fingerprint density at radius 1 is 1.16 bits per heavy atom. The minimum atomic E-state index is -3.58. The maximum atomic E-state index is 13.6. The van der Waals surface area contributed by atoms with E-state index in [1.165, 1.54) is 13.0 Å². The van der Waals surface area contributed by atoms with Gasteiger partial charge in [-0.3, -0.25) is 0 Å². The summed E-state index contributed by atoms with van der Waals surface area (Å²) in [5.41, 5.74) is 0.282. The van der Waals surface area contributed by atoms with Gasteiger partial charge in [0.25, 0.3) is 5.16 Å². The third-order valence-corrected chi connectivity index (χ3v) is 3.20. The fourth-order valence-corrected chi connectivity index (χ4v) is 1.96. The van der Waals surface area contributed by atoms with Gasteiger partial charge in [0, 0.05) is 17.9 Å². The Bertz CT molecular complexity index is 748. The number of benzene rings is 1. The number of aromatic nitrogens is 3. The van der Waals surface area contributed by atoms with Crippen LogP contribution in [0.3, 0.4) is 0 Å². The molecule has 8 heteroatoms. The number of sulfone groups is 1. The van der Waals surface area contributed by atoms with E-state index in [9.17, 15) is 17.2 Å². The molecular weight excluding hydrogens is 276 g/mol. The van der Waals surface area contributed by atoms with Crippen LogP contribution in [0.5, 0.6) is 0 Å². The van der Waals surface area contributed by atoms with E-state index in [4.69, 9.17) is 0 Å². The van der Waals surface area contributed by atoms with Gasteiger partial charge in [0.05, 0.1) is 5.69 Å². The zero-order valence-electron chi connectivity index (χ0n) is 10.1. The van der Waals surface area contributed by atoms with Gasteiger partial charge < -0.3 is 0 Å². The number of halogens is 2. The molecule has 0 spiro atoms. The molecule has 2 aromatic rings. The number of rotatable bonds is 2. The summed E-state index contributed by atoms with van der Waals surface area (Å²) in [7, 11) is -3.58. The van der Waals surface area contributed by atoms with E-state index >= 15 is 0 Å². The minimum absolute atomic E-state index is 0.0129. The van der Waals surface area contributed by atoms with Crippen LogP contribution in [-0.4, -0.2) is 29.9 Å². The van der Waals surface area contributed by atoms with E-state index in [0.29, 0.717) is 6.07 Å². The molecule has 19 heavy (non-hydrogen) atoms. The van der Waals surface area contributed by atoms with E-state index < -0.39 is 26.6 Å². The summed E-state index contributed by atoms with van der Waals surface area (Å²) in [5.74, 6) is -1.53. The maximum Gasteiger partial charge on any atom is 0.267 e. The highest BCUT2D eigenvalue weighted by atomic mass is 32.2. The quantitative estimate of drug-likeness (QED) is 0.836. The molecule has 5 nitrogen and oxygen atoms in total. The lowest BCUT2D eigenvalue weighted by Crippen LogP contribution is -2.08. The molecule has 0 unspecified atom stereocenters. The van der Waals surface area contributed by atoms with Gasteiger partial charge in [0.15, 0.2) is 0 Å². The van der Waals surface area contributed by atoms with Gasteiger partial charge in [-0.2, -0.15) is 0 Å². The molecule has 100 valence electrons. The Labute approximate surface area is 108 Å². The van der Waals surface area contributed by atoms with Crippen LogP contribution < -0.4 is 0 Å². The topological polar surface area (TPSA) is 72.8 Å². The Morgan fingerprint density at radius 2 is 1.84 bits per heavy atom. The first kappa shape index (κ1) is 13.5. The van der Waals surface area contributed by atoms with Crippen molar-refractivity contribution in [3.05, 3.63) is 35.5 Å². The number of hydrogen-bond donors (Lipinski definition) is 0. The average molecular weight is 285 g/mol. The largest absolute Gasteiger partial charge is 0.267 e. The molecule has 0 atom stereocenters. The van der Waals surface area contributed by atoms with Crippen LogP contribution in [-0.2, 0) is 9.84 Å². The van der Waals surface area contributed by atoms with Gasteiger partial charge in [0.1, 0.15) is 17.3 Å². The second-order valence-electron chi connectivity index (χ2n) is 3.92. The first-order chi connectivity index (χ1) is 8.79. The molecule has 0 fully saturated rings. The second-order valence-corrected chi connectivity index (χ2v) is 5.83. The average Bonchev–Trinajstić information content (AvgIpc) is 2.28. The standard InChI is InChI=1S/C11H9F2N3O2S/c1-6-10(8-4-3-7(12)5-9(8)13)15-16-11(14-6)19(2,17)18/h3-5H,1-2H3. The van der Waals surface area contributed by atoms with Gasteiger partial charge in [-0.1, -0.05) is 0 Å². The normalized spacial score (nSPS) is 11.6. The zero-order chi connectivity index (χ0) is 14.2. The summed E-state index contributed by atoms with van der Waals surface area (Å²) in [6, 6.07) is 2.98. The summed E-state index contributed by atoms with van der Waals surface area (Å²) in [5, 5.41) is 6.66. The Balaban J connectivity index is 2.59. The van der Waals surface area contributed by atoms with Crippen molar-refractivity contribution in [3.8, 4) is 11.3 Å². The molecule has 0 aliphatic carbocycles. The highest BCUT2D eigenvalue weighted by Crippen LogP contribution is 2.23. The molecule has 0 aliphatic heterocycles. The first-order valence-electron chi connectivity index (χ1n) is 5.16. The van der Waals surface area contributed by atoms with Crippen LogP contribution in [0.15, 0.2) is 23.4 Å². The molecule has 1 heterocycles. The second kappa shape index (κ2) is 4.61. The van der Waals surface area contributed by atoms with Crippen molar-refractivity contribution in [1.82, 2.24) is 15.2 Å². The van der Waals surface area contributed by atoms with Crippen molar-refractivity contribution in [2.75, 3.05) is 6.26 Å². The highest BCUT2D eigenvalue weighted by Gasteiger charge is 2.17. The molecule has 0 saturated heterocycles. The molecule has 0 amide bonds. The molecule has 0 saturated carbocycles. The molecule has 0 bridgehead atoms. The van der Waals surface area contributed by atoms with Crippen molar-refractivity contribution in [3.63, 3.8) is 0 Å². The van der Waals surface area contributed by atoms with Crippen LogP contribution in [0.2, 0.25) is 0 Å². The Hall–Kier alpha value is -1.96. The smallest absolute Gasteiger partial charge is 0.221 e. The lowest BCUT2D eigenvalue weighted by atomic mass is 10.1. The third-order valence-electron chi connectivity index (χ3n) is 2.36. The SMILES string of the molecule is Cc1nc(S(C)(=O)=O)nnc1-c1ccc(F)cc1F. The molecule has 0 aliphatic rings. The lowest BCUT2D eigenvalue weighted by Gasteiger charge is -2.05. The number of aryl methyl sites for hydroxylation is 1. The van der Waals surface area contributed by atoms with Crippen LogP contribution in [0, 0.1) is 18.6 Å². The van der Waals surface area contributed by atoms with Gasteiger partial charge >= 0.3 is 0 Å². The monoisotopic (exact) mass is 285 g/mol. The van der Waals surface area contributed by atoms with Crippen LogP contribution in [0.25, 0.3) is 11.3 Å². The summed E-state index contributed by atoms with van der Waals surface area (Å²) in [6.45, 7) is 1.47. The van der Waals surface area contributed by atoms with Crippen molar-refractivity contribution >= 4 is 9.84 Å². The maximum absolute atomic E-state index is 13.6. The van der Waals surface area contributed by atoms with Crippen LogP contribution >= 0.6 is 0 Å². The Kier molecular flexibility index (Phi) is 3.27. The molecule has 1 aromatic heterocycles. The molecule has 0 N–H and O–H groups in total. The third kappa shape index (κ3) is 2.73. The molecule has 1 aromatic carbocycles. The predicted octanol–water partition coefficient (Wildman–Crippen LogP) is 1.53. The fraction of sp³-hybridized carbons (Fsp3) is 0.182. The van der Waals surface area contributed by atoms with Gasteiger partial charge in [0.2, 0.25) is 9.84 Å². The van der Waals surface area contributed by atoms with E-state index in [1.807, 2.05) is 0 Å². The highest BCUT2D eigenvalue weighted by molar-refractivity contribution is 7.90. The van der Waals surface area contributed by atoms with E-state index in [0.717, 1.165) is 12.3 Å². The van der Waals surface area contributed by atoms with Gasteiger partial charge in [-0.25, -0.2) is 22.2 Å². The summed E-state index contributed by atoms with van der Waals surface area (Å²) in [4.78, 5) is 3.76. The lowest BCUT2D eigenvalue weighted by molar-refractivity contribution is 0.583. The van der Waals surface area contributed by atoms with E-state index in [1.54, 1.807) is 0 Å². The minimum Gasteiger partial charge on any atom is -0.221 e. The first-order valence-corrected chi connectivity index (χ1v) is 7.05. The predicted molar refractivity (Wildman–Crippen MR) is 63.0 cm³/mol. The molecule has 0 radical (unpaired) electrons. The van der Waals surface area contributed by atoms with Crippen molar-refractivity contribution in [1.29, 1.82) is 0 Å². The number of nitrogens with zero attached hydrogens (tertiary/aromatic N) is 3. The zero-order valence-corrected chi connectivity index (χ0v) is 10.9. The number of hydrogen-bond acceptors (Lipinski definition) is 5.